The fraction of sp³-hybridized carbons (Fsp3) is 0.222. The second-order valence-corrected chi connectivity index (χ2v) is 27.0. The molecule has 0 fully saturated rings. The molecule has 0 bridgehead atoms. The number of fused-ring (bicyclic) bond motifs is 20. The molecule has 16 rings (SSSR count). The molecule has 10 aromatic carbocycles. The molecule has 0 aliphatic carbocycles. The van der Waals surface area contributed by atoms with E-state index in [2.05, 4.69) is 255 Å². The van der Waals surface area contributed by atoms with Gasteiger partial charge in [0.25, 0.3) is 0 Å². The molecular formula is C72H62BN3O. The lowest BCUT2D eigenvalue weighted by Gasteiger charge is -2.42. The van der Waals surface area contributed by atoms with Crippen LogP contribution in [0.3, 0.4) is 0 Å². The van der Waals surface area contributed by atoms with Gasteiger partial charge in [0.05, 0.1) is 16.6 Å². The largest absolute Gasteiger partial charge is 0.455 e. The molecule has 6 heterocycles. The molecule has 2 aliphatic rings. The first-order valence-electron chi connectivity index (χ1n) is 27.9. The highest BCUT2D eigenvalue weighted by molar-refractivity contribution is 6.92. The summed E-state index contributed by atoms with van der Waals surface area (Å²) in [5.74, 6) is 0. The first-order valence-corrected chi connectivity index (χ1v) is 27.9. The summed E-state index contributed by atoms with van der Waals surface area (Å²) in [6.07, 6.45) is 0. The zero-order valence-electron chi connectivity index (χ0n) is 46.3. The normalized spacial score (nSPS) is 14.2. The van der Waals surface area contributed by atoms with Gasteiger partial charge in [0.2, 0.25) is 0 Å². The minimum absolute atomic E-state index is 0.0441. The summed E-state index contributed by atoms with van der Waals surface area (Å²) >= 11 is 0. The lowest BCUT2D eigenvalue weighted by molar-refractivity contribution is 0.569. The van der Waals surface area contributed by atoms with Crippen LogP contribution in [0, 0.1) is 0 Å². The summed E-state index contributed by atoms with van der Waals surface area (Å²) in [6.45, 7) is 28.1. The highest BCUT2D eigenvalue weighted by Crippen LogP contribution is 2.54. The number of hydrogen-bond donors (Lipinski definition) is 0. The van der Waals surface area contributed by atoms with E-state index in [9.17, 15) is 0 Å². The molecule has 14 aromatic rings. The molecule has 2 aliphatic heterocycles. The van der Waals surface area contributed by atoms with Gasteiger partial charge in [-0.1, -0.05) is 162 Å². The zero-order chi connectivity index (χ0) is 52.7. The summed E-state index contributed by atoms with van der Waals surface area (Å²) in [5, 5.41) is 15.0. The number of anilines is 3. The second kappa shape index (κ2) is 14.5. The van der Waals surface area contributed by atoms with Crippen molar-refractivity contribution < 1.29 is 4.42 Å². The Morgan fingerprint density at radius 1 is 0.390 bits per heavy atom. The van der Waals surface area contributed by atoms with Crippen LogP contribution >= 0.6 is 0 Å². The maximum absolute atomic E-state index is 7.38. The molecule has 0 N–H and O–H groups in total. The van der Waals surface area contributed by atoms with Gasteiger partial charge in [-0.3, -0.25) is 0 Å². The third-order valence-corrected chi connectivity index (χ3v) is 18.1. The molecule has 0 radical (unpaired) electrons. The monoisotopic (exact) mass is 995 g/mol. The van der Waals surface area contributed by atoms with Gasteiger partial charge < -0.3 is 18.2 Å². The van der Waals surface area contributed by atoms with Gasteiger partial charge in [-0.05, 0) is 155 Å². The second-order valence-electron chi connectivity index (χ2n) is 27.0. The van der Waals surface area contributed by atoms with Gasteiger partial charge in [0.15, 0.2) is 0 Å². The number of hydrogen-bond acceptors (Lipinski definition) is 2. The Morgan fingerprint density at radius 3 is 1.56 bits per heavy atom. The van der Waals surface area contributed by atoms with Crippen molar-refractivity contribution in [2.24, 2.45) is 0 Å². The summed E-state index contributed by atoms with van der Waals surface area (Å²) in [7, 11) is 0. The summed E-state index contributed by atoms with van der Waals surface area (Å²) < 4.78 is 12.8. The van der Waals surface area contributed by atoms with Gasteiger partial charge in [0.1, 0.15) is 11.2 Å². The quantitative estimate of drug-likeness (QED) is 0.153. The molecule has 77 heavy (non-hydrogen) atoms. The third kappa shape index (κ3) is 6.01. The average molecular weight is 996 g/mol. The first-order chi connectivity index (χ1) is 36.7. The molecule has 4 nitrogen and oxygen atoms in total. The minimum atomic E-state index is -0.229. The maximum atomic E-state index is 7.38. The minimum Gasteiger partial charge on any atom is -0.455 e. The number of furan rings is 1. The van der Waals surface area contributed by atoms with Crippen molar-refractivity contribution in [1.29, 1.82) is 0 Å². The molecule has 0 unspecified atom stereocenters. The number of rotatable bonds is 1. The lowest BCUT2D eigenvalue weighted by Crippen LogP contribution is -2.57. The van der Waals surface area contributed by atoms with Crippen LogP contribution in [0.15, 0.2) is 162 Å². The number of benzene rings is 10. The predicted octanol–water partition coefficient (Wildman–Crippen LogP) is 18.8. The average Bonchev–Trinajstić information content (AvgIpc) is 2.99. The van der Waals surface area contributed by atoms with Crippen molar-refractivity contribution in [1.82, 2.24) is 8.88 Å². The molecule has 0 spiro atoms. The van der Waals surface area contributed by atoms with E-state index in [1.54, 1.807) is 0 Å². The van der Waals surface area contributed by atoms with E-state index in [0.29, 0.717) is 0 Å². The topological polar surface area (TPSA) is 25.7 Å². The third-order valence-electron chi connectivity index (χ3n) is 18.1. The van der Waals surface area contributed by atoms with Crippen molar-refractivity contribution in [2.75, 3.05) is 4.90 Å². The lowest BCUT2D eigenvalue weighted by atomic mass is 9.44. The van der Waals surface area contributed by atoms with Crippen LogP contribution in [0.5, 0.6) is 0 Å². The van der Waals surface area contributed by atoms with Crippen molar-refractivity contribution in [2.45, 2.75) is 105 Å². The highest BCUT2D eigenvalue weighted by Gasteiger charge is 2.47. The number of para-hydroxylation sites is 1. The van der Waals surface area contributed by atoms with Crippen LogP contribution in [-0.4, -0.2) is 15.7 Å². The van der Waals surface area contributed by atoms with Crippen molar-refractivity contribution in [3.63, 3.8) is 0 Å². The fourth-order valence-corrected chi connectivity index (χ4v) is 14.0. The van der Waals surface area contributed by atoms with E-state index in [1.807, 2.05) is 0 Å². The molecule has 0 saturated carbocycles. The van der Waals surface area contributed by atoms with Gasteiger partial charge in [-0.15, -0.1) is 0 Å². The Labute approximate surface area is 449 Å². The molecule has 374 valence electrons. The molecule has 4 aromatic heterocycles. The van der Waals surface area contributed by atoms with Crippen molar-refractivity contribution in [3.05, 3.63) is 180 Å². The van der Waals surface area contributed by atoms with E-state index >= 15 is 0 Å². The van der Waals surface area contributed by atoms with E-state index in [4.69, 9.17) is 4.42 Å². The number of nitrogens with zero attached hydrogens (tertiary/aromatic N) is 3. The molecule has 0 saturated heterocycles. The smallest absolute Gasteiger partial charge is 0.333 e. The Balaban J connectivity index is 1.20. The number of aromatic nitrogens is 2. The van der Waals surface area contributed by atoms with Gasteiger partial charge in [-0.25, -0.2) is 0 Å². The Bertz CT molecular complexity index is 4940. The van der Waals surface area contributed by atoms with Crippen LogP contribution < -0.4 is 15.8 Å². The van der Waals surface area contributed by atoms with Crippen LogP contribution in [-0.2, 0) is 21.7 Å². The van der Waals surface area contributed by atoms with E-state index in [0.717, 1.165) is 21.9 Å². The maximum Gasteiger partial charge on any atom is 0.333 e. The van der Waals surface area contributed by atoms with Gasteiger partial charge >= 0.3 is 6.85 Å². The SMILES string of the molecule is CC(C)(C)c1cc(N2c3cc4c(oc5ccccc54)c4c3B(c3c2cc2c5cc6ccccc6cc5n5c6cc7ccccc7cc6c3c25)n2c3ccc(C(C)(C)C)cc3c3cc(C(C)(C)C)cc-4c32)cc(C(C)(C)C)c1. The summed E-state index contributed by atoms with van der Waals surface area (Å²) in [4.78, 5) is 2.70. The van der Waals surface area contributed by atoms with E-state index in [1.165, 1.54) is 143 Å². The van der Waals surface area contributed by atoms with Crippen LogP contribution in [0.1, 0.15) is 105 Å². The Morgan fingerprint density at radius 2 is 0.909 bits per heavy atom. The van der Waals surface area contributed by atoms with E-state index in [-0.39, 0.29) is 28.5 Å². The Kier molecular flexibility index (Phi) is 8.52. The first kappa shape index (κ1) is 45.2. The highest BCUT2D eigenvalue weighted by atomic mass is 16.3. The van der Waals surface area contributed by atoms with Gasteiger partial charge in [0, 0.05) is 82.3 Å². The zero-order valence-corrected chi connectivity index (χ0v) is 46.3. The predicted molar refractivity (Wildman–Crippen MR) is 332 cm³/mol. The van der Waals surface area contributed by atoms with E-state index < -0.39 is 0 Å². The molecule has 0 amide bonds. The van der Waals surface area contributed by atoms with Crippen LogP contribution in [0.2, 0.25) is 0 Å². The summed E-state index contributed by atoms with van der Waals surface area (Å²) in [5.41, 5.74) is 21.7. The van der Waals surface area contributed by atoms with Crippen LogP contribution in [0.25, 0.3) is 115 Å². The van der Waals surface area contributed by atoms with Crippen LogP contribution in [0.4, 0.5) is 17.1 Å². The van der Waals surface area contributed by atoms with Crippen molar-refractivity contribution >= 4 is 138 Å². The van der Waals surface area contributed by atoms with Gasteiger partial charge in [-0.2, -0.15) is 0 Å². The van der Waals surface area contributed by atoms with Crippen molar-refractivity contribution in [3.8, 4) is 11.1 Å². The fourth-order valence-electron chi connectivity index (χ4n) is 14.0. The Hall–Kier alpha value is -8.02. The molecule has 5 heteroatoms. The molecule has 0 atom stereocenters. The molecular weight excluding hydrogens is 934 g/mol. The summed E-state index contributed by atoms with van der Waals surface area (Å²) in [6, 6.07) is 61.5. The standard InChI is InChI=1S/C72H62BN3O/c1-69(2,3)43-25-26-56-50(34-43)51-35-46(72(10,11)12)36-55-63-65-60(38-53-48-23-17-18-24-61(48)77-68(53)63)74(47-32-44(70(4,5)6)31-45(33-47)71(7,8)9)59-37-52-49-27-39-19-13-15-21-41(39)29-57(49)75-58-30-42-22-16-14-20-40(42)28-54(58)62(67(52)75)64(59)73(65)76(56)66(51)55/h13-38H,1-12H3.